The van der Waals surface area contributed by atoms with Gasteiger partial charge in [-0.25, -0.2) is 4.98 Å². The summed E-state index contributed by atoms with van der Waals surface area (Å²) in [7, 11) is 0. The second kappa shape index (κ2) is 9.39. The Morgan fingerprint density at radius 1 is 0.489 bits per heavy atom. The molecule has 3 nitrogen and oxygen atoms in total. The summed E-state index contributed by atoms with van der Waals surface area (Å²) in [6, 6.07) is 51.7. The fourth-order valence-corrected chi connectivity index (χ4v) is 8.18. The maximum absolute atomic E-state index is 6.33. The number of hydrogen-bond acceptors (Lipinski definition) is 3. The smallest absolute Gasteiger partial charge is 0.136 e. The fraction of sp³-hybridized carbons (Fsp3) is 0. The quantitative estimate of drug-likeness (QED) is 0.204. The highest BCUT2D eigenvalue weighted by atomic mass is 32.1. The first kappa shape index (κ1) is 24.7. The minimum Gasteiger partial charge on any atom is -0.456 e. The molecular weight excluding hydrogens is 569 g/mol. The predicted octanol–water partition coefficient (Wildman–Crippen LogP) is 11.8. The molecule has 0 atom stereocenters. The summed E-state index contributed by atoms with van der Waals surface area (Å²) in [6.07, 6.45) is 0. The average Bonchev–Trinajstić information content (AvgIpc) is 3.76. The van der Waals surface area contributed by atoms with Crippen molar-refractivity contribution in [1.29, 1.82) is 0 Å². The number of hydrogen-bond donors (Lipinski definition) is 0. The van der Waals surface area contributed by atoms with Gasteiger partial charge in [0, 0.05) is 52.8 Å². The zero-order valence-electron chi connectivity index (χ0n) is 24.1. The van der Waals surface area contributed by atoms with Crippen molar-refractivity contribution in [3.05, 3.63) is 146 Å². The van der Waals surface area contributed by atoms with E-state index < -0.39 is 0 Å². The van der Waals surface area contributed by atoms with Crippen LogP contribution in [0, 0.1) is 0 Å². The molecule has 0 saturated heterocycles. The van der Waals surface area contributed by atoms with E-state index in [1.165, 1.54) is 30.9 Å². The Morgan fingerprint density at radius 3 is 2.13 bits per heavy atom. The van der Waals surface area contributed by atoms with Crippen molar-refractivity contribution in [3.63, 3.8) is 0 Å². The van der Waals surface area contributed by atoms with Gasteiger partial charge in [0.25, 0.3) is 0 Å². The lowest BCUT2D eigenvalue weighted by atomic mass is 10.0. The van der Waals surface area contributed by atoms with E-state index in [9.17, 15) is 0 Å². The number of para-hydroxylation sites is 2. The van der Waals surface area contributed by atoms with Crippen LogP contribution in [0.15, 0.2) is 150 Å². The van der Waals surface area contributed by atoms with Crippen molar-refractivity contribution in [2.45, 2.75) is 0 Å². The van der Waals surface area contributed by atoms with Gasteiger partial charge in [-0.1, -0.05) is 103 Å². The van der Waals surface area contributed by atoms with Crippen molar-refractivity contribution in [2.24, 2.45) is 0 Å². The fourth-order valence-electron chi connectivity index (χ4n) is 6.95. The van der Waals surface area contributed by atoms with E-state index in [-0.39, 0.29) is 0 Å². The molecule has 0 aliphatic carbocycles. The third-order valence-corrected chi connectivity index (χ3v) is 10.2. The van der Waals surface area contributed by atoms with Gasteiger partial charge in [0.1, 0.15) is 11.2 Å². The number of aromatic nitrogens is 2. The maximum Gasteiger partial charge on any atom is 0.136 e. The Hall–Kier alpha value is -5.71. The third-order valence-electron chi connectivity index (χ3n) is 8.99. The van der Waals surface area contributed by atoms with Gasteiger partial charge < -0.3 is 8.98 Å². The number of rotatable bonds is 3. The number of nitrogens with zero attached hydrogens (tertiary/aromatic N) is 2. The van der Waals surface area contributed by atoms with Crippen LogP contribution >= 0.6 is 11.3 Å². The topological polar surface area (TPSA) is 31.0 Å². The molecule has 4 heteroatoms. The van der Waals surface area contributed by atoms with E-state index in [1.54, 1.807) is 0 Å². The standard InChI is InChI=1S/C41H24N2OS/c1-2-11-25(12-3-1)34-21-26(22-35(42-34)31-17-10-16-30-29-15-6-9-20-40(29)45-41(30)31)43-36-18-7-4-13-27(36)32-24-39-33(23-37(32)43)28-14-5-8-19-38(28)44-39/h1-24H. The molecule has 4 heterocycles. The van der Waals surface area contributed by atoms with E-state index >= 15 is 0 Å². The first-order valence-corrected chi connectivity index (χ1v) is 15.9. The minimum atomic E-state index is 0.906. The van der Waals surface area contributed by atoms with Gasteiger partial charge in [-0.05, 0) is 42.5 Å². The number of benzene rings is 6. The first-order valence-electron chi connectivity index (χ1n) is 15.1. The van der Waals surface area contributed by atoms with Crippen molar-refractivity contribution in [1.82, 2.24) is 9.55 Å². The van der Waals surface area contributed by atoms with Gasteiger partial charge >= 0.3 is 0 Å². The van der Waals surface area contributed by atoms with Crippen LogP contribution in [-0.2, 0) is 0 Å². The Kier molecular flexibility index (Phi) is 5.16. The molecule has 0 fully saturated rings. The molecule has 0 aliphatic rings. The number of fused-ring (bicyclic) bond motifs is 9. The monoisotopic (exact) mass is 592 g/mol. The van der Waals surface area contributed by atoms with Crippen LogP contribution in [0.4, 0.5) is 0 Å². The molecule has 0 saturated carbocycles. The Morgan fingerprint density at radius 2 is 1.22 bits per heavy atom. The van der Waals surface area contributed by atoms with Crippen molar-refractivity contribution >= 4 is 75.3 Å². The van der Waals surface area contributed by atoms with Gasteiger partial charge in [-0.3, -0.25) is 0 Å². The summed E-state index contributed by atoms with van der Waals surface area (Å²) in [4.78, 5) is 5.33. The van der Waals surface area contributed by atoms with Crippen molar-refractivity contribution in [2.75, 3.05) is 0 Å². The van der Waals surface area contributed by atoms with Crippen molar-refractivity contribution < 1.29 is 4.42 Å². The molecule has 4 aromatic heterocycles. The van der Waals surface area contributed by atoms with Gasteiger partial charge in [-0.2, -0.15) is 0 Å². The van der Waals surface area contributed by atoms with Gasteiger partial charge in [0.05, 0.1) is 28.1 Å². The molecule has 0 bridgehead atoms. The molecule has 0 unspecified atom stereocenters. The summed E-state index contributed by atoms with van der Waals surface area (Å²) in [6.45, 7) is 0. The predicted molar refractivity (Wildman–Crippen MR) is 190 cm³/mol. The summed E-state index contributed by atoms with van der Waals surface area (Å²) < 4.78 is 11.3. The molecule has 0 radical (unpaired) electrons. The molecule has 210 valence electrons. The van der Waals surface area contributed by atoms with Crippen LogP contribution < -0.4 is 0 Å². The SMILES string of the molecule is c1ccc(-c2cc(-n3c4ccccc4c4cc5oc6ccccc6c5cc43)cc(-c3cccc4c3sc3ccccc34)n2)cc1. The Bertz CT molecular complexity index is 2770. The molecule has 6 aromatic carbocycles. The van der Waals surface area contributed by atoms with Gasteiger partial charge in [0.15, 0.2) is 0 Å². The third kappa shape index (κ3) is 3.67. The molecule has 10 aromatic rings. The normalized spacial score (nSPS) is 12.0. The molecule has 0 aliphatic heterocycles. The number of furan rings is 1. The van der Waals surface area contributed by atoms with Crippen molar-refractivity contribution in [3.8, 4) is 28.2 Å². The van der Waals surface area contributed by atoms with E-state index in [2.05, 4.69) is 138 Å². The highest BCUT2D eigenvalue weighted by Gasteiger charge is 2.19. The summed E-state index contributed by atoms with van der Waals surface area (Å²) in [5, 5.41) is 7.17. The summed E-state index contributed by atoms with van der Waals surface area (Å²) in [5.74, 6) is 0. The second-order valence-electron chi connectivity index (χ2n) is 11.6. The lowest BCUT2D eigenvalue weighted by Crippen LogP contribution is -1.98. The molecular formula is C41H24N2OS. The molecule has 45 heavy (non-hydrogen) atoms. The molecule has 0 spiro atoms. The zero-order valence-corrected chi connectivity index (χ0v) is 24.9. The van der Waals surface area contributed by atoms with Crippen LogP contribution in [0.3, 0.4) is 0 Å². The van der Waals surface area contributed by atoms with Crippen LogP contribution in [0.5, 0.6) is 0 Å². The maximum atomic E-state index is 6.33. The highest BCUT2D eigenvalue weighted by molar-refractivity contribution is 7.26. The summed E-state index contributed by atoms with van der Waals surface area (Å²) in [5.41, 5.74) is 9.34. The van der Waals surface area contributed by atoms with E-state index in [0.717, 1.165) is 61.2 Å². The minimum absolute atomic E-state index is 0.906. The van der Waals surface area contributed by atoms with Gasteiger partial charge in [-0.15, -0.1) is 11.3 Å². The molecule has 0 N–H and O–H groups in total. The van der Waals surface area contributed by atoms with E-state index in [1.807, 2.05) is 23.5 Å². The van der Waals surface area contributed by atoms with Gasteiger partial charge in [0.2, 0.25) is 0 Å². The molecule has 0 amide bonds. The largest absolute Gasteiger partial charge is 0.456 e. The highest BCUT2D eigenvalue weighted by Crippen LogP contribution is 2.42. The van der Waals surface area contributed by atoms with Crippen LogP contribution in [0.25, 0.3) is 92.1 Å². The van der Waals surface area contributed by atoms with Crippen LogP contribution in [0.1, 0.15) is 0 Å². The van der Waals surface area contributed by atoms with Crippen LogP contribution in [0.2, 0.25) is 0 Å². The lowest BCUT2D eigenvalue weighted by Gasteiger charge is -2.14. The first-order chi connectivity index (χ1) is 22.3. The number of thiophene rings is 1. The number of pyridine rings is 1. The Labute approximate surface area is 262 Å². The average molecular weight is 593 g/mol. The summed E-state index contributed by atoms with van der Waals surface area (Å²) >= 11 is 1.84. The van der Waals surface area contributed by atoms with E-state index in [4.69, 9.17) is 9.40 Å². The molecule has 10 rings (SSSR count). The van der Waals surface area contributed by atoms with Crippen LogP contribution in [-0.4, -0.2) is 9.55 Å². The second-order valence-corrected chi connectivity index (χ2v) is 12.6. The van der Waals surface area contributed by atoms with E-state index in [0.29, 0.717) is 0 Å². The lowest BCUT2D eigenvalue weighted by molar-refractivity contribution is 0.669. The zero-order chi connectivity index (χ0) is 29.5. The Balaban J connectivity index is 1.31.